The number of hydrogen-bond donors (Lipinski definition) is 0. The highest BCUT2D eigenvalue weighted by Crippen LogP contribution is 2.25. The maximum Gasteiger partial charge on any atom is 0.337 e. The molecule has 1 aliphatic heterocycles. The van der Waals surface area contributed by atoms with Gasteiger partial charge >= 0.3 is 11.9 Å². The molecule has 1 atom stereocenters. The van der Waals surface area contributed by atoms with Crippen LogP contribution in [-0.2, 0) is 25.7 Å². The van der Waals surface area contributed by atoms with Gasteiger partial charge in [-0.1, -0.05) is 30.3 Å². The number of ether oxygens (including phenoxy) is 2. The second-order valence-corrected chi connectivity index (χ2v) is 6.04. The molecule has 26 heavy (non-hydrogen) atoms. The third-order valence-corrected chi connectivity index (χ3v) is 4.26. The van der Waals surface area contributed by atoms with Crippen molar-refractivity contribution in [1.82, 2.24) is 0 Å². The lowest BCUT2D eigenvalue weighted by atomic mass is 10.1. The van der Waals surface area contributed by atoms with Crippen molar-refractivity contribution in [3.05, 3.63) is 65.7 Å². The molecular weight excluding hydrogens is 334 g/mol. The normalized spacial score (nSPS) is 16.4. The van der Waals surface area contributed by atoms with Gasteiger partial charge in [-0.3, -0.25) is 9.59 Å². The van der Waals surface area contributed by atoms with Crippen LogP contribution in [0.15, 0.2) is 54.6 Å². The van der Waals surface area contributed by atoms with Crippen molar-refractivity contribution in [2.45, 2.75) is 13.0 Å². The average Bonchev–Trinajstić information content (AvgIpc) is 3.08. The molecule has 0 N–H and O–H groups in total. The summed E-state index contributed by atoms with van der Waals surface area (Å²) >= 11 is 0. The van der Waals surface area contributed by atoms with E-state index in [4.69, 9.17) is 4.74 Å². The molecule has 1 heterocycles. The van der Waals surface area contributed by atoms with Gasteiger partial charge in [-0.05, 0) is 29.8 Å². The topological polar surface area (TPSA) is 72.9 Å². The summed E-state index contributed by atoms with van der Waals surface area (Å²) in [4.78, 5) is 37.7. The van der Waals surface area contributed by atoms with Gasteiger partial charge in [0.05, 0.1) is 18.6 Å². The molecule has 0 bridgehead atoms. The molecule has 1 aliphatic rings. The summed E-state index contributed by atoms with van der Waals surface area (Å²) in [5.41, 5.74) is 1.86. The van der Waals surface area contributed by atoms with Crippen LogP contribution in [0.2, 0.25) is 0 Å². The van der Waals surface area contributed by atoms with Gasteiger partial charge in [-0.2, -0.15) is 0 Å². The molecule has 134 valence electrons. The van der Waals surface area contributed by atoms with E-state index in [1.165, 1.54) is 7.11 Å². The number of methoxy groups -OCH3 is 1. The van der Waals surface area contributed by atoms with E-state index >= 15 is 0 Å². The average molecular weight is 353 g/mol. The molecule has 6 nitrogen and oxygen atoms in total. The zero-order chi connectivity index (χ0) is 18.5. The molecule has 1 saturated heterocycles. The van der Waals surface area contributed by atoms with Crippen LogP contribution in [0.25, 0.3) is 0 Å². The van der Waals surface area contributed by atoms with E-state index < -0.39 is 17.9 Å². The van der Waals surface area contributed by atoms with Crippen molar-refractivity contribution in [1.29, 1.82) is 0 Å². The summed E-state index contributed by atoms with van der Waals surface area (Å²) in [7, 11) is 1.31. The van der Waals surface area contributed by atoms with Gasteiger partial charge in [-0.15, -0.1) is 0 Å². The van der Waals surface area contributed by atoms with E-state index in [0.29, 0.717) is 17.7 Å². The van der Waals surface area contributed by atoms with E-state index in [0.717, 1.165) is 5.69 Å². The second kappa shape index (κ2) is 7.82. The van der Waals surface area contributed by atoms with E-state index in [2.05, 4.69) is 4.74 Å². The number of rotatable bonds is 5. The fraction of sp³-hybridized carbons (Fsp3) is 0.250. The van der Waals surface area contributed by atoms with Crippen molar-refractivity contribution >= 4 is 23.5 Å². The Morgan fingerprint density at radius 3 is 2.62 bits per heavy atom. The number of nitrogens with zero attached hydrogens (tertiary/aromatic N) is 1. The Labute approximate surface area is 151 Å². The molecule has 0 aromatic heterocycles. The lowest BCUT2D eigenvalue weighted by Gasteiger charge is -2.16. The minimum absolute atomic E-state index is 0.0414. The minimum atomic E-state index is -0.494. The molecule has 2 aromatic carbocycles. The highest BCUT2D eigenvalue weighted by atomic mass is 16.5. The van der Waals surface area contributed by atoms with Crippen molar-refractivity contribution < 1.29 is 23.9 Å². The molecule has 1 amide bonds. The zero-order valence-corrected chi connectivity index (χ0v) is 14.4. The Morgan fingerprint density at radius 1 is 1.12 bits per heavy atom. The molecule has 0 aliphatic carbocycles. The molecule has 2 aromatic rings. The number of esters is 2. The number of para-hydroxylation sites is 1. The van der Waals surface area contributed by atoms with Crippen LogP contribution in [0.1, 0.15) is 22.3 Å². The first-order chi connectivity index (χ1) is 12.6. The Hall–Kier alpha value is -3.15. The number of carbonyl (C=O) groups excluding carboxylic acids is 3. The summed E-state index contributed by atoms with van der Waals surface area (Å²) in [6.45, 7) is 0.351. The monoisotopic (exact) mass is 353 g/mol. The zero-order valence-electron chi connectivity index (χ0n) is 14.4. The van der Waals surface area contributed by atoms with Crippen LogP contribution in [0, 0.1) is 5.92 Å². The molecule has 0 radical (unpaired) electrons. The lowest BCUT2D eigenvalue weighted by molar-refractivity contribution is -0.149. The summed E-state index contributed by atoms with van der Waals surface area (Å²) < 4.78 is 10.0. The molecule has 0 spiro atoms. The summed E-state index contributed by atoms with van der Waals surface area (Å²) in [6.07, 6.45) is 0.135. The van der Waals surface area contributed by atoms with E-state index in [1.54, 1.807) is 29.2 Å². The van der Waals surface area contributed by atoms with Crippen molar-refractivity contribution in [2.75, 3.05) is 18.6 Å². The van der Waals surface area contributed by atoms with Crippen LogP contribution < -0.4 is 4.90 Å². The van der Waals surface area contributed by atoms with Crippen LogP contribution in [-0.4, -0.2) is 31.5 Å². The SMILES string of the molecule is COC(=O)c1cccc(COC(=O)[C@@H]2CC(=O)N(c3ccccc3)C2)c1. The van der Waals surface area contributed by atoms with Gasteiger partial charge in [-0.25, -0.2) is 4.79 Å². The van der Waals surface area contributed by atoms with Gasteiger partial charge < -0.3 is 14.4 Å². The summed E-state index contributed by atoms with van der Waals surface area (Å²) in [5, 5.41) is 0. The number of anilines is 1. The van der Waals surface area contributed by atoms with Gasteiger partial charge in [0.25, 0.3) is 0 Å². The molecular formula is C20H19NO5. The maximum absolute atomic E-state index is 12.3. The fourth-order valence-corrected chi connectivity index (χ4v) is 2.90. The fourth-order valence-electron chi connectivity index (χ4n) is 2.90. The van der Waals surface area contributed by atoms with Gasteiger partial charge in [0.2, 0.25) is 5.91 Å². The number of benzene rings is 2. The Morgan fingerprint density at radius 2 is 1.88 bits per heavy atom. The van der Waals surface area contributed by atoms with Crippen molar-refractivity contribution in [3.8, 4) is 0 Å². The smallest absolute Gasteiger partial charge is 0.337 e. The number of hydrogen-bond acceptors (Lipinski definition) is 5. The Bertz CT molecular complexity index is 818. The lowest BCUT2D eigenvalue weighted by Crippen LogP contribution is -2.26. The van der Waals surface area contributed by atoms with Crippen LogP contribution in [0.4, 0.5) is 5.69 Å². The van der Waals surface area contributed by atoms with Gasteiger partial charge in [0.1, 0.15) is 6.61 Å². The quantitative estimate of drug-likeness (QED) is 0.773. The standard InChI is InChI=1S/C20H19NO5/c1-25-19(23)15-7-5-6-14(10-15)13-26-20(24)16-11-18(22)21(12-16)17-8-3-2-4-9-17/h2-10,16H,11-13H2,1H3/t16-/m1/s1. The van der Waals surface area contributed by atoms with Gasteiger partial charge in [0.15, 0.2) is 0 Å². The third kappa shape index (κ3) is 3.91. The van der Waals surface area contributed by atoms with E-state index in [9.17, 15) is 14.4 Å². The molecule has 0 saturated carbocycles. The highest BCUT2D eigenvalue weighted by Gasteiger charge is 2.36. The summed E-state index contributed by atoms with van der Waals surface area (Å²) in [5.74, 6) is -1.45. The Kier molecular flexibility index (Phi) is 5.31. The van der Waals surface area contributed by atoms with Gasteiger partial charge in [0, 0.05) is 18.7 Å². The highest BCUT2D eigenvalue weighted by molar-refractivity contribution is 5.99. The first-order valence-corrected chi connectivity index (χ1v) is 8.28. The van der Waals surface area contributed by atoms with E-state index in [-0.39, 0.29) is 18.9 Å². The molecule has 6 heteroatoms. The van der Waals surface area contributed by atoms with Crippen molar-refractivity contribution in [2.24, 2.45) is 5.92 Å². The largest absolute Gasteiger partial charge is 0.465 e. The summed E-state index contributed by atoms with van der Waals surface area (Å²) in [6, 6.07) is 16.0. The molecule has 0 unspecified atom stereocenters. The van der Waals surface area contributed by atoms with Crippen molar-refractivity contribution in [3.63, 3.8) is 0 Å². The number of amides is 1. The van der Waals surface area contributed by atoms with Crippen LogP contribution in [0.5, 0.6) is 0 Å². The predicted octanol–water partition coefficient (Wildman–Crippen LogP) is 2.57. The first kappa shape index (κ1) is 17.7. The van der Waals surface area contributed by atoms with Crippen LogP contribution >= 0.6 is 0 Å². The van der Waals surface area contributed by atoms with Crippen LogP contribution in [0.3, 0.4) is 0 Å². The second-order valence-electron chi connectivity index (χ2n) is 6.04. The molecule has 1 fully saturated rings. The number of carbonyl (C=O) groups is 3. The third-order valence-electron chi connectivity index (χ3n) is 4.26. The van der Waals surface area contributed by atoms with E-state index in [1.807, 2.05) is 30.3 Å². The maximum atomic E-state index is 12.3. The molecule has 3 rings (SSSR count). The minimum Gasteiger partial charge on any atom is -0.465 e. The predicted molar refractivity (Wildman–Crippen MR) is 94.5 cm³/mol. The first-order valence-electron chi connectivity index (χ1n) is 8.28. The Balaban J connectivity index is 1.59.